The molecule has 2 rings (SSSR count). The fourth-order valence-corrected chi connectivity index (χ4v) is 1.75. The molecule has 0 saturated carbocycles. The van der Waals surface area contributed by atoms with E-state index in [0.717, 1.165) is 31.9 Å². The van der Waals surface area contributed by atoms with Gasteiger partial charge < -0.3 is 15.2 Å². The number of hydrogen-bond donors (Lipinski definition) is 2. The number of carbonyl (C=O) groups excluding carboxylic acids is 1. The Morgan fingerprint density at radius 3 is 3.06 bits per heavy atom. The van der Waals surface area contributed by atoms with E-state index >= 15 is 0 Å². The molecule has 94 valence electrons. The number of fused-ring (bicyclic) bond motifs is 1. The minimum absolute atomic E-state index is 0.0967. The van der Waals surface area contributed by atoms with Crippen LogP contribution in [-0.4, -0.2) is 27.5 Å². The summed E-state index contributed by atoms with van der Waals surface area (Å²) in [7, 11) is 0. The molecule has 0 aliphatic carbocycles. The van der Waals surface area contributed by atoms with Gasteiger partial charge in [0, 0.05) is 24.8 Å². The lowest BCUT2D eigenvalue weighted by atomic mass is 10.0. The first-order chi connectivity index (χ1) is 8.02. The van der Waals surface area contributed by atoms with Crippen LogP contribution in [0.4, 0.5) is 5.95 Å². The summed E-state index contributed by atoms with van der Waals surface area (Å²) in [6, 6.07) is 0. The van der Waals surface area contributed by atoms with Crippen molar-refractivity contribution in [3.63, 3.8) is 0 Å². The highest BCUT2D eigenvalue weighted by atomic mass is 16.2. The first-order valence-electron chi connectivity index (χ1n) is 6.15. The Morgan fingerprint density at radius 1 is 1.65 bits per heavy atom. The van der Waals surface area contributed by atoms with Crippen LogP contribution in [0.2, 0.25) is 0 Å². The van der Waals surface area contributed by atoms with E-state index in [-0.39, 0.29) is 11.4 Å². The van der Waals surface area contributed by atoms with Gasteiger partial charge in [-0.2, -0.15) is 0 Å². The molecule has 2 heterocycles. The Bertz CT molecular complexity index is 399. The van der Waals surface area contributed by atoms with E-state index in [0.29, 0.717) is 5.69 Å². The van der Waals surface area contributed by atoms with Crippen LogP contribution in [0.25, 0.3) is 0 Å². The quantitative estimate of drug-likeness (QED) is 0.838. The number of nitrogens with one attached hydrogen (secondary N) is 2. The minimum Gasteiger partial charge on any atom is -0.356 e. The lowest BCUT2D eigenvalue weighted by Crippen LogP contribution is -2.42. The molecule has 1 aliphatic rings. The van der Waals surface area contributed by atoms with Gasteiger partial charge in [0.15, 0.2) is 0 Å². The van der Waals surface area contributed by atoms with Gasteiger partial charge in [0.2, 0.25) is 5.95 Å². The highest BCUT2D eigenvalue weighted by Crippen LogP contribution is 2.15. The number of carbonyl (C=O) groups is 1. The predicted molar refractivity (Wildman–Crippen MR) is 67.2 cm³/mol. The maximum atomic E-state index is 12.0. The molecule has 2 N–H and O–H groups in total. The number of aryl methyl sites for hydroxylation is 1. The smallest absolute Gasteiger partial charge is 0.271 e. The number of rotatable bonds is 3. The molecule has 0 radical (unpaired) electrons. The third-order valence-electron chi connectivity index (χ3n) is 3.20. The second-order valence-electron chi connectivity index (χ2n) is 5.12. The summed E-state index contributed by atoms with van der Waals surface area (Å²) >= 11 is 0. The Hall–Kier alpha value is -1.52. The summed E-state index contributed by atoms with van der Waals surface area (Å²) in [5.41, 5.74) is 0.310. The largest absolute Gasteiger partial charge is 0.356 e. The highest BCUT2D eigenvalue weighted by molar-refractivity contribution is 5.93. The van der Waals surface area contributed by atoms with Gasteiger partial charge in [-0.1, -0.05) is 6.92 Å². The molecule has 0 aromatic carbocycles. The lowest BCUT2D eigenvalue weighted by molar-refractivity contribution is 0.0906. The van der Waals surface area contributed by atoms with Gasteiger partial charge in [-0.15, -0.1) is 0 Å². The molecule has 5 nitrogen and oxygen atoms in total. The Kier molecular flexibility index (Phi) is 3.09. The van der Waals surface area contributed by atoms with Crippen LogP contribution in [0, 0.1) is 0 Å². The Balaban J connectivity index is 2.12. The number of aromatic nitrogens is 2. The van der Waals surface area contributed by atoms with Crippen molar-refractivity contribution in [1.29, 1.82) is 0 Å². The van der Waals surface area contributed by atoms with E-state index < -0.39 is 0 Å². The summed E-state index contributed by atoms with van der Waals surface area (Å²) in [6.07, 6.45) is 3.79. The molecule has 0 unspecified atom stereocenters. The van der Waals surface area contributed by atoms with E-state index in [1.165, 1.54) is 0 Å². The van der Waals surface area contributed by atoms with Crippen molar-refractivity contribution >= 4 is 11.9 Å². The summed E-state index contributed by atoms with van der Waals surface area (Å²) in [6.45, 7) is 7.94. The van der Waals surface area contributed by atoms with Gasteiger partial charge in [-0.3, -0.25) is 4.79 Å². The van der Waals surface area contributed by atoms with Crippen LogP contribution in [0.15, 0.2) is 6.20 Å². The Morgan fingerprint density at radius 2 is 2.41 bits per heavy atom. The van der Waals surface area contributed by atoms with E-state index in [4.69, 9.17) is 0 Å². The lowest BCUT2D eigenvalue weighted by Gasteiger charge is -2.23. The molecule has 0 bridgehead atoms. The van der Waals surface area contributed by atoms with Crippen molar-refractivity contribution in [3.8, 4) is 0 Å². The van der Waals surface area contributed by atoms with E-state index in [2.05, 4.69) is 22.5 Å². The number of nitrogens with zero attached hydrogens (tertiary/aromatic N) is 2. The summed E-state index contributed by atoms with van der Waals surface area (Å²) in [5, 5.41) is 6.18. The minimum atomic E-state index is -0.186. The Labute approximate surface area is 102 Å². The fraction of sp³-hybridized carbons (Fsp3) is 0.667. The van der Waals surface area contributed by atoms with Crippen LogP contribution in [0.5, 0.6) is 0 Å². The molecular formula is C12H20N4O. The van der Waals surface area contributed by atoms with Crippen LogP contribution in [0.3, 0.4) is 0 Å². The first kappa shape index (κ1) is 12.0. The second-order valence-corrected chi connectivity index (χ2v) is 5.12. The molecule has 0 spiro atoms. The zero-order valence-corrected chi connectivity index (χ0v) is 10.7. The molecule has 1 aromatic rings. The average molecular weight is 236 g/mol. The van der Waals surface area contributed by atoms with Crippen molar-refractivity contribution in [2.45, 2.75) is 45.7 Å². The number of anilines is 1. The molecular weight excluding hydrogens is 216 g/mol. The van der Waals surface area contributed by atoms with Crippen molar-refractivity contribution in [2.75, 3.05) is 11.9 Å². The third kappa shape index (κ3) is 2.60. The third-order valence-corrected chi connectivity index (χ3v) is 3.20. The monoisotopic (exact) mass is 236 g/mol. The first-order valence-corrected chi connectivity index (χ1v) is 6.15. The van der Waals surface area contributed by atoms with Gasteiger partial charge in [-0.05, 0) is 26.7 Å². The van der Waals surface area contributed by atoms with Crippen LogP contribution < -0.4 is 10.6 Å². The van der Waals surface area contributed by atoms with Crippen LogP contribution in [-0.2, 0) is 6.54 Å². The van der Waals surface area contributed by atoms with E-state index in [9.17, 15) is 4.79 Å². The molecule has 1 amide bonds. The van der Waals surface area contributed by atoms with Gasteiger partial charge in [0.25, 0.3) is 5.91 Å². The zero-order valence-electron chi connectivity index (χ0n) is 10.7. The number of imidazole rings is 1. The van der Waals surface area contributed by atoms with E-state index in [1.54, 1.807) is 0 Å². The number of hydrogen-bond acceptors (Lipinski definition) is 3. The zero-order chi connectivity index (χ0) is 12.5. The topological polar surface area (TPSA) is 59.0 Å². The SMILES string of the molecule is CCC(C)(C)NC(=O)c1cn2c(n1)NCCC2. The molecule has 5 heteroatoms. The van der Waals surface area contributed by atoms with Crippen molar-refractivity contribution in [2.24, 2.45) is 0 Å². The second kappa shape index (κ2) is 4.39. The summed E-state index contributed by atoms with van der Waals surface area (Å²) in [4.78, 5) is 16.3. The maximum Gasteiger partial charge on any atom is 0.271 e. The summed E-state index contributed by atoms with van der Waals surface area (Å²) < 4.78 is 2.00. The van der Waals surface area contributed by atoms with Crippen LogP contribution >= 0.6 is 0 Å². The molecule has 1 aliphatic heterocycles. The van der Waals surface area contributed by atoms with Gasteiger partial charge in [0.05, 0.1) is 0 Å². The molecule has 17 heavy (non-hydrogen) atoms. The van der Waals surface area contributed by atoms with Crippen molar-refractivity contribution in [3.05, 3.63) is 11.9 Å². The van der Waals surface area contributed by atoms with Crippen molar-refractivity contribution in [1.82, 2.24) is 14.9 Å². The molecule has 1 aromatic heterocycles. The predicted octanol–water partition coefficient (Wildman–Crippen LogP) is 1.62. The summed E-state index contributed by atoms with van der Waals surface area (Å²) in [5.74, 6) is 0.705. The van der Waals surface area contributed by atoms with Gasteiger partial charge >= 0.3 is 0 Å². The van der Waals surface area contributed by atoms with Gasteiger partial charge in [0.1, 0.15) is 5.69 Å². The fourth-order valence-electron chi connectivity index (χ4n) is 1.75. The van der Waals surface area contributed by atoms with Crippen LogP contribution in [0.1, 0.15) is 44.1 Å². The molecule has 0 saturated heterocycles. The average Bonchev–Trinajstić information content (AvgIpc) is 2.72. The normalized spacial score (nSPS) is 15.0. The van der Waals surface area contributed by atoms with Crippen molar-refractivity contribution < 1.29 is 4.79 Å². The van der Waals surface area contributed by atoms with E-state index in [1.807, 2.05) is 24.6 Å². The number of amides is 1. The van der Waals surface area contributed by atoms with Gasteiger partial charge in [-0.25, -0.2) is 4.98 Å². The molecule has 0 fully saturated rings. The maximum absolute atomic E-state index is 12.0. The highest BCUT2D eigenvalue weighted by Gasteiger charge is 2.22. The standard InChI is InChI=1S/C12H20N4O/c1-4-12(2,3)15-10(17)9-8-16-7-5-6-13-11(16)14-9/h8H,4-7H2,1-3H3,(H,13,14)(H,15,17). The molecule has 0 atom stereocenters.